The number of imidazole rings is 1. The average molecular weight is 666 g/mol. The molecule has 0 amide bonds. The van der Waals surface area contributed by atoms with Crippen molar-refractivity contribution in [1.29, 1.82) is 0 Å². The number of aromatic nitrogens is 3. The zero-order valence-electron chi connectivity index (χ0n) is 24.3. The first-order valence-electron chi connectivity index (χ1n) is 13.5. The van der Waals surface area contributed by atoms with Crippen molar-refractivity contribution >= 4 is 9.84 Å². The van der Waals surface area contributed by atoms with Crippen molar-refractivity contribution in [2.45, 2.75) is 37.2 Å². The fraction of sp³-hybridized carbons (Fsp3) is 0.226. The van der Waals surface area contributed by atoms with E-state index in [1.54, 1.807) is 31.2 Å². The molecule has 8 nitrogen and oxygen atoms in total. The molecule has 0 bridgehead atoms. The monoisotopic (exact) mass is 665 g/mol. The molecule has 1 unspecified atom stereocenters. The Morgan fingerprint density at radius 2 is 1.59 bits per heavy atom. The third-order valence-electron chi connectivity index (χ3n) is 6.97. The second kappa shape index (κ2) is 11.9. The van der Waals surface area contributed by atoms with Crippen LogP contribution in [0.25, 0.3) is 39.4 Å². The molecule has 5 aromatic rings. The highest BCUT2D eigenvalue weighted by Gasteiger charge is 2.35. The predicted molar refractivity (Wildman–Crippen MR) is 155 cm³/mol. The summed E-state index contributed by atoms with van der Waals surface area (Å²) >= 11 is 0. The van der Waals surface area contributed by atoms with Gasteiger partial charge in [-0.05, 0) is 66.6 Å². The van der Waals surface area contributed by atoms with E-state index in [1.807, 2.05) is 0 Å². The number of aliphatic hydroxyl groups is 1. The van der Waals surface area contributed by atoms with Gasteiger partial charge in [-0.2, -0.15) is 13.2 Å². The first kappa shape index (κ1) is 32.8. The molecular weight excluding hydrogens is 640 g/mol. The number of alkyl halides is 6. The Kier molecular flexibility index (Phi) is 8.51. The Balaban J connectivity index is 1.77. The zero-order chi connectivity index (χ0) is 33.6. The number of halogens is 6. The number of hydrogen-bond acceptors (Lipinski definition) is 7. The molecule has 242 valence electrons. The Morgan fingerprint density at radius 3 is 2.17 bits per heavy atom. The topological polar surface area (TPSA) is 107 Å². The van der Waals surface area contributed by atoms with Gasteiger partial charge in [-0.1, -0.05) is 25.1 Å². The van der Waals surface area contributed by atoms with Gasteiger partial charge in [-0.15, -0.1) is 13.2 Å². The van der Waals surface area contributed by atoms with Crippen LogP contribution in [-0.2, 0) is 16.0 Å². The summed E-state index contributed by atoms with van der Waals surface area (Å²) in [5.74, 6) is -1.04. The van der Waals surface area contributed by atoms with E-state index in [0.29, 0.717) is 11.1 Å². The molecular formula is C31H25F6N3O5S. The van der Waals surface area contributed by atoms with E-state index in [1.165, 1.54) is 41.8 Å². The first-order chi connectivity index (χ1) is 21.4. The van der Waals surface area contributed by atoms with Gasteiger partial charge in [0.25, 0.3) is 0 Å². The van der Waals surface area contributed by atoms with Crippen molar-refractivity contribution in [3.63, 3.8) is 0 Å². The van der Waals surface area contributed by atoms with Gasteiger partial charge in [-0.3, -0.25) is 0 Å². The quantitative estimate of drug-likeness (QED) is 0.170. The summed E-state index contributed by atoms with van der Waals surface area (Å²) in [6, 6.07) is 15.5. The highest BCUT2D eigenvalue weighted by atomic mass is 32.2. The van der Waals surface area contributed by atoms with Crippen LogP contribution in [0, 0.1) is 6.92 Å². The van der Waals surface area contributed by atoms with Crippen LogP contribution in [0.2, 0.25) is 0 Å². The van der Waals surface area contributed by atoms with E-state index >= 15 is 0 Å². The Bertz CT molecular complexity index is 2000. The lowest BCUT2D eigenvalue weighted by Gasteiger charge is -2.14. The number of aryl methyl sites for hydroxylation is 1. The van der Waals surface area contributed by atoms with Gasteiger partial charge in [-0.25, -0.2) is 18.4 Å². The second-order valence-electron chi connectivity index (χ2n) is 10.5. The minimum absolute atomic E-state index is 0.0111. The Labute approximate surface area is 258 Å². The number of nitrogens with zero attached hydrogens (tertiary/aromatic N) is 3. The number of ether oxygens (including phenoxy) is 1. The number of oxazole rings is 1. The van der Waals surface area contributed by atoms with E-state index in [2.05, 4.69) is 14.7 Å². The maximum atomic E-state index is 13.6. The van der Waals surface area contributed by atoms with Gasteiger partial charge in [0.05, 0.1) is 23.1 Å². The van der Waals surface area contributed by atoms with Crippen molar-refractivity contribution < 1.29 is 49.0 Å². The van der Waals surface area contributed by atoms with Crippen LogP contribution in [-0.4, -0.2) is 47.3 Å². The number of aliphatic hydroxyl groups excluding tert-OH is 1. The minimum atomic E-state index is -4.93. The third-order valence-corrected chi connectivity index (χ3v) is 8.08. The summed E-state index contributed by atoms with van der Waals surface area (Å²) in [4.78, 5) is 8.29. The highest BCUT2D eigenvalue weighted by Crippen LogP contribution is 2.41. The fourth-order valence-electron chi connectivity index (χ4n) is 4.69. The molecule has 0 aliphatic carbocycles. The molecule has 0 aliphatic heterocycles. The molecule has 2 heterocycles. The molecule has 2 aromatic heterocycles. The van der Waals surface area contributed by atoms with Crippen LogP contribution in [0.3, 0.4) is 0 Å². The molecule has 1 atom stereocenters. The van der Waals surface area contributed by atoms with Gasteiger partial charge in [0.2, 0.25) is 5.89 Å². The maximum absolute atomic E-state index is 13.6. The van der Waals surface area contributed by atoms with E-state index in [-0.39, 0.29) is 51.5 Å². The molecule has 0 spiro atoms. The Morgan fingerprint density at radius 1 is 0.935 bits per heavy atom. The largest absolute Gasteiger partial charge is 0.573 e. The van der Waals surface area contributed by atoms with Crippen LogP contribution >= 0.6 is 0 Å². The van der Waals surface area contributed by atoms with E-state index in [9.17, 15) is 39.9 Å². The van der Waals surface area contributed by atoms with Gasteiger partial charge < -0.3 is 18.8 Å². The lowest BCUT2D eigenvalue weighted by Crippen LogP contribution is -2.16. The van der Waals surface area contributed by atoms with Crippen LogP contribution in [0.4, 0.5) is 26.3 Å². The van der Waals surface area contributed by atoms with E-state index in [0.717, 1.165) is 24.6 Å². The maximum Gasteiger partial charge on any atom is 0.573 e. The van der Waals surface area contributed by atoms with Gasteiger partial charge in [0.15, 0.2) is 21.3 Å². The number of hydrogen-bond donors (Lipinski definition) is 1. The van der Waals surface area contributed by atoms with Gasteiger partial charge >= 0.3 is 12.5 Å². The smallest absolute Gasteiger partial charge is 0.440 e. The molecule has 5 rings (SSSR count). The average Bonchev–Trinajstić information content (AvgIpc) is 3.60. The van der Waals surface area contributed by atoms with Crippen molar-refractivity contribution in [1.82, 2.24) is 14.5 Å². The molecule has 0 saturated heterocycles. The highest BCUT2D eigenvalue weighted by molar-refractivity contribution is 7.90. The fourth-order valence-corrected chi connectivity index (χ4v) is 5.35. The first-order valence-corrected chi connectivity index (χ1v) is 15.4. The molecule has 3 aromatic carbocycles. The van der Waals surface area contributed by atoms with Crippen molar-refractivity contribution in [3.8, 4) is 45.1 Å². The van der Waals surface area contributed by atoms with Gasteiger partial charge in [0.1, 0.15) is 17.3 Å². The summed E-state index contributed by atoms with van der Waals surface area (Å²) in [6.45, 7) is 2.62. The van der Waals surface area contributed by atoms with Crippen LogP contribution < -0.4 is 4.74 Å². The molecule has 15 heteroatoms. The minimum Gasteiger partial charge on any atom is -0.440 e. The molecule has 0 saturated carbocycles. The molecule has 0 fully saturated rings. The summed E-state index contributed by atoms with van der Waals surface area (Å²) < 4.78 is 115. The lowest BCUT2D eigenvalue weighted by molar-refractivity contribution is -0.274. The van der Waals surface area contributed by atoms with E-state index in [4.69, 9.17) is 4.42 Å². The number of sulfone groups is 1. The summed E-state index contributed by atoms with van der Waals surface area (Å²) in [5, 5.41) is 9.82. The van der Waals surface area contributed by atoms with Crippen LogP contribution in [0.1, 0.15) is 30.3 Å². The number of rotatable bonds is 8. The molecule has 0 aliphatic rings. The van der Waals surface area contributed by atoms with Crippen molar-refractivity contribution in [2.24, 2.45) is 0 Å². The summed E-state index contributed by atoms with van der Waals surface area (Å²) in [6.07, 6.45) is -7.80. The van der Waals surface area contributed by atoms with Crippen LogP contribution in [0.15, 0.2) is 82.2 Å². The lowest BCUT2D eigenvalue weighted by atomic mass is 9.98. The SMILES string of the molecule is Cc1nc(C(F)(F)F)cn1-c1ccc(-c2cccc(S(C)(=O)=O)c2)cc1-c1nc(C(C)CO)oc1-c1ccc(OC(F)(F)F)cc1. The Hall–Kier alpha value is -4.63. The van der Waals surface area contributed by atoms with Crippen molar-refractivity contribution in [3.05, 3.63) is 90.3 Å². The van der Waals surface area contributed by atoms with E-state index < -0.39 is 39.7 Å². The summed E-state index contributed by atoms with van der Waals surface area (Å²) in [5.41, 5.74) is 0.561. The zero-order valence-corrected chi connectivity index (χ0v) is 25.1. The second-order valence-corrected chi connectivity index (χ2v) is 12.5. The van der Waals surface area contributed by atoms with Crippen LogP contribution in [0.5, 0.6) is 5.75 Å². The standard InChI is InChI=1S/C31H25F6N3O5S/c1-17(16-41)29-39-27(28(44-29)19-7-10-22(11-8-19)45-31(35,36)37)24-14-21(20-5-4-6-23(13-20)46(3,42)43)9-12-25(24)40-15-26(30(32,33)34)38-18(40)2/h4-15,17,41H,16H2,1-3H3. The molecule has 46 heavy (non-hydrogen) atoms. The van der Waals surface area contributed by atoms with Gasteiger partial charge in [0, 0.05) is 23.6 Å². The molecule has 1 N–H and O–H groups in total. The number of benzene rings is 3. The molecule has 0 radical (unpaired) electrons. The normalized spacial score (nSPS) is 13.2. The van der Waals surface area contributed by atoms with Crippen molar-refractivity contribution in [2.75, 3.05) is 12.9 Å². The summed E-state index contributed by atoms with van der Waals surface area (Å²) in [7, 11) is -3.58. The third kappa shape index (κ3) is 6.94. The predicted octanol–water partition coefficient (Wildman–Crippen LogP) is 7.59.